The molecule has 65 heavy (non-hydrogen) atoms. The summed E-state index contributed by atoms with van der Waals surface area (Å²) in [6, 6.07) is 20.9. The highest BCUT2D eigenvalue weighted by Crippen LogP contribution is 2.49. The first kappa shape index (κ1) is 44.6. The zero-order valence-electron chi connectivity index (χ0n) is 37.2. The van der Waals surface area contributed by atoms with Crippen LogP contribution >= 0.6 is 0 Å². The highest BCUT2D eigenvalue weighted by Gasteiger charge is 2.49. The molecule has 0 radical (unpaired) electrons. The van der Waals surface area contributed by atoms with E-state index in [1.165, 1.54) is 54.7 Å². The van der Waals surface area contributed by atoms with E-state index in [4.69, 9.17) is 4.74 Å². The Kier molecular flexibility index (Phi) is 12.1. The number of nitro benzene ring substituents is 1. The first-order valence-corrected chi connectivity index (χ1v) is 24.4. The van der Waals surface area contributed by atoms with Gasteiger partial charge >= 0.3 is 0 Å². The van der Waals surface area contributed by atoms with Crippen molar-refractivity contribution in [1.82, 2.24) is 19.6 Å². The zero-order chi connectivity index (χ0) is 45.7. The van der Waals surface area contributed by atoms with Crippen LogP contribution in [0.25, 0.3) is 11.0 Å². The molecule has 16 heteroatoms. The molecule has 2 aromatic heterocycles. The summed E-state index contributed by atoms with van der Waals surface area (Å²) in [5.41, 5.74) is 3.00. The number of aliphatic hydroxyl groups is 1. The number of pyridine rings is 1. The summed E-state index contributed by atoms with van der Waals surface area (Å²) in [7, 11) is -4.64. The van der Waals surface area contributed by atoms with Crippen molar-refractivity contribution in [2.75, 3.05) is 42.9 Å². The summed E-state index contributed by atoms with van der Waals surface area (Å²) in [4.78, 5) is 36.7. The molecule has 4 heterocycles. The van der Waals surface area contributed by atoms with Crippen LogP contribution in [-0.2, 0) is 10.0 Å². The van der Waals surface area contributed by atoms with Crippen molar-refractivity contribution in [3.05, 3.63) is 112 Å². The van der Waals surface area contributed by atoms with E-state index in [1.807, 2.05) is 0 Å². The summed E-state index contributed by atoms with van der Waals surface area (Å²) in [5, 5.41) is 26.1. The second-order valence-electron chi connectivity index (χ2n) is 19.4. The molecule has 2 saturated heterocycles. The van der Waals surface area contributed by atoms with E-state index in [2.05, 4.69) is 67.9 Å². The lowest BCUT2D eigenvalue weighted by Gasteiger charge is -2.57. The van der Waals surface area contributed by atoms with E-state index in [0.29, 0.717) is 48.3 Å². The number of fused-ring (bicyclic) bond motifs is 1. The second-order valence-corrected chi connectivity index (χ2v) is 21.1. The average Bonchev–Trinajstić information content (AvgIpc) is 3.95. The number of carbonyl (C=O) groups is 1. The number of benzene rings is 3. The first-order valence-electron chi connectivity index (χ1n) is 22.9. The Morgan fingerprint density at radius 3 is 2.49 bits per heavy atom. The predicted octanol–water partition coefficient (Wildman–Crippen LogP) is 9.24. The van der Waals surface area contributed by atoms with Crippen LogP contribution in [0.5, 0.6) is 11.5 Å². The van der Waals surface area contributed by atoms with Crippen molar-refractivity contribution in [2.45, 2.75) is 107 Å². The molecule has 4 aliphatic rings. The van der Waals surface area contributed by atoms with Crippen LogP contribution in [-0.4, -0.2) is 83.6 Å². The standard InChI is InChI=1S/C49H58FN7O7S/c1-31(2)36-7-4-5-8-37(36)38-9-6-10-41(38)56-29-49(30-56)20-23-55(24-21-49)34-11-13-39(43(26-34)64-44-25-33-17-22-51-46(33)53-45(44)50)47(58)54-65(62,63)35-12-14-40(42(27-35)57(60)61)52-28-32-15-18-48(3,59)19-16-32/h4-5,7-8,11-14,17,22,25-27,31-32,38,41,52,59H,6,9-10,15-16,18-21,23-24,28-30H2,1-3H3,(H,51,53)(H,54,58)/t32-,38-,41-,48-/m1/s1. The number of anilines is 2. The molecule has 4 N–H and O–H groups in total. The van der Waals surface area contributed by atoms with Crippen LogP contribution in [0.3, 0.4) is 0 Å². The number of nitrogens with zero attached hydrogens (tertiary/aromatic N) is 4. The summed E-state index contributed by atoms with van der Waals surface area (Å²) >= 11 is 0. The van der Waals surface area contributed by atoms with Gasteiger partial charge in [-0.05, 0) is 129 Å². The van der Waals surface area contributed by atoms with Crippen molar-refractivity contribution < 1.29 is 32.4 Å². The molecule has 3 aromatic carbocycles. The van der Waals surface area contributed by atoms with Gasteiger partial charge in [-0.15, -0.1) is 0 Å². The van der Waals surface area contributed by atoms with E-state index in [1.54, 1.807) is 31.3 Å². The van der Waals surface area contributed by atoms with Gasteiger partial charge in [0, 0.05) is 68.2 Å². The topological polar surface area (TPSA) is 183 Å². The van der Waals surface area contributed by atoms with Crippen LogP contribution in [0, 0.1) is 27.4 Å². The molecule has 14 nitrogen and oxygen atoms in total. The number of carbonyl (C=O) groups excluding carboxylic acids is 1. The Bertz CT molecular complexity index is 2700. The molecule has 0 unspecified atom stereocenters. The number of hydrogen-bond acceptors (Lipinski definition) is 11. The number of amides is 1. The molecule has 1 spiro atoms. The number of nitro groups is 1. The minimum Gasteiger partial charge on any atom is -0.452 e. The minimum atomic E-state index is -4.64. The fourth-order valence-electron chi connectivity index (χ4n) is 10.8. The summed E-state index contributed by atoms with van der Waals surface area (Å²) in [6.45, 7) is 10.4. The van der Waals surface area contributed by atoms with Gasteiger partial charge in [0.05, 0.1) is 21.0 Å². The number of H-pyrrole nitrogens is 1. The zero-order valence-corrected chi connectivity index (χ0v) is 38.0. The maximum Gasteiger partial charge on any atom is 0.293 e. The van der Waals surface area contributed by atoms with Crippen LogP contribution in [0.2, 0.25) is 0 Å². The van der Waals surface area contributed by atoms with Gasteiger partial charge in [-0.25, -0.2) is 13.1 Å². The lowest BCUT2D eigenvalue weighted by Crippen LogP contribution is -2.63. The van der Waals surface area contributed by atoms with E-state index < -0.39 is 43.0 Å². The van der Waals surface area contributed by atoms with Gasteiger partial charge in [0.25, 0.3) is 27.6 Å². The van der Waals surface area contributed by atoms with Gasteiger partial charge < -0.3 is 25.0 Å². The van der Waals surface area contributed by atoms with Crippen molar-refractivity contribution in [3.8, 4) is 11.5 Å². The lowest BCUT2D eigenvalue weighted by atomic mass is 9.70. The van der Waals surface area contributed by atoms with E-state index in [0.717, 1.165) is 63.6 Å². The van der Waals surface area contributed by atoms with E-state index in [-0.39, 0.29) is 34.1 Å². The number of aromatic amines is 1. The number of piperidine rings is 1. The minimum absolute atomic E-state index is 0.0791. The SMILES string of the molecule is CC(C)c1ccccc1[C@H]1CCC[C@H]1N1CC2(CCN(c3ccc(C(=O)NS(=O)(=O)c4ccc(NC[C@H]5CC[C@](C)(O)CC5)c([N+](=O)[O-])c4)c(Oc4cc5cc[nH]c5nc4F)c3)CC2)C1. The van der Waals surface area contributed by atoms with Gasteiger partial charge in [-0.1, -0.05) is 44.5 Å². The van der Waals surface area contributed by atoms with Crippen LogP contribution in [0.15, 0.2) is 83.9 Å². The molecule has 0 bridgehead atoms. The number of halogens is 1. The summed E-state index contributed by atoms with van der Waals surface area (Å²) in [6.07, 6.45) is 9.98. The first-order chi connectivity index (χ1) is 31.1. The van der Waals surface area contributed by atoms with Crippen molar-refractivity contribution >= 4 is 44.0 Å². The van der Waals surface area contributed by atoms with Crippen LogP contribution < -0.4 is 19.7 Å². The highest BCUT2D eigenvalue weighted by atomic mass is 32.2. The molecule has 2 aliphatic heterocycles. The molecule has 344 valence electrons. The number of sulfonamides is 1. The average molecular weight is 908 g/mol. The number of likely N-dealkylation sites (tertiary alicyclic amines) is 1. The lowest BCUT2D eigenvalue weighted by molar-refractivity contribution is -0.384. The maximum absolute atomic E-state index is 15.4. The van der Waals surface area contributed by atoms with Crippen LogP contribution in [0.1, 0.15) is 112 Å². The third kappa shape index (κ3) is 9.30. The van der Waals surface area contributed by atoms with Crippen molar-refractivity contribution in [2.24, 2.45) is 11.3 Å². The van der Waals surface area contributed by atoms with Crippen molar-refractivity contribution in [3.63, 3.8) is 0 Å². The van der Waals surface area contributed by atoms with Gasteiger partial charge in [-0.2, -0.15) is 9.37 Å². The van der Waals surface area contributed by atoms with Gasteiger partial charge in [0.2, 0.25) is 0 Å². The molecule has 5 aromatic rings. The number of aromatic nitrogens is 2. The van der Waals surface area contributed by atoms with Crippen molar-refractivity contribution in [1.29, 1.82) is 0 Å². The normalized spacial score (nSPS) is 23.4. The Morgan fingerprint density at radius 2 is 1.75 bits per heavy atom. The molecular weight excluding hydrogens is 850 g/mol. The largest absolute Gasteiger partial charge is 0.452 e. The summed E-state index contributed by atoms with van der Waals surface area (Å²) in [5.74, 6) is -1.10. The molecule has 1 amide bonds. The highest BCUT2D eigenvalue weighted by molar-refractivity contribution is 7.90. The quantitative estimate of drug-likeness (QED) is 0.0502. The van der Waals surface area contributed by atoms with Gasteiger partial charge in [0.15, 0.2) is 5.75 Å². The molecule has 9 rings (SSSR count). The molecule has 2 atom stereocenters. The molecule has 2 saturated carbocycles. The number of ether oxygens (including phenoxy) is 1. The Labute approximate surface area is 379 Å². The monoisotopic (exact) mass is 907 g/mol. The maximum atomic E-state index is 15.4. The van der Waals surface area contributed by atoms with Gasteiger partial charge in [0.1, 0.15) is 17.1 Å². The van der Waals surface area contributed by atoms with E-state index >= 15 is 4.39 Å². The Hall–Kier alpha value is -5.58. The summed E-state index contributed by atoms with van der Waals surface area (Å²) < 4.78 is 51.0. The second kappa shape index (κ2) is 17.7. The predicted molar refractivity (Wildman–Crippen MR) is 248 cm³/mol. The fourth-order valence-corrected chi connectivity index (χ4v) is 11.8. The fraction of sp³-hybridized carbons (Fsp3) is 0.469. The third-order valence-electron chi connectivity index (χ3n) is 14.6. The Morgan fingerprint density at radius 1 is 1.00 bits per heavy atom. The van der Waals surface area contributed by atoms with E-state index in [9.17, 15) is 28.4 Å². The molecular formula is C49H58FN7O7S. The Balaban J connectivity index is 0.908. The number of nitrogens with one attached hydrogen (secondary N) is 3. The number of hydrogen-bond donors (Lipinski definition) is 4. The van der Waals surface area contributed by atoms with Gasteiger partial charge in [-0.3, -0.25) is 19.8 Å². The number of rotatable bonds is 13. The smallest absolute Gasteiger partial charge is 0.293 e. The third-order valence-corrected chi connectivity index (χ3v) is 15.9. The molecule has 4 fully saturated rings. The molecule has 2 aliphatic carbocycles. The van der Waals surface area contributed by atoms with Crippen LogP contribution in [0.4, 0.5) is 21.5 Å².